The third kappa shape index (κ3) is 11.5. The van der Waals surface area contributed by atoms with Crippen LogP contribution in [0.25, 0.3) is 0 Å². The summed E-state index contributed by atoms with van der Waals surface area (Å²) in [7, 11) is 0. The monoisotopic (exact) mass is 684 g/mol. The summed E-state index contributed by atoms with van der Waals surface area (Å²) >= 11 is 2.93. The third-order valence-corrected chi connectivity index (χ3v) is 13.0. The lowest BCUT2D eigenvalue weighted by Gasteiger charge is -2.55. The molecule has 0 radical (unpaired) electrons. The van der Waals surface area contributed by atoms with Crippen LogP contribution >= 0.6 is 22.6 Å². The molecule has 0 amide bonds. The lowest BCUT2D eigenvalue weighted by Crippen LogP contribution is -2.50. The van der Waals surface area contributed by atoms with Gasteiger partial charge in [-0.2, -0.15) is 0 Å². The van der Waals surface area contributed by atoms with E-state index in [1.165, 1.54) is 89.9 Å². The summed E-state index contributed by atoms with van der Waals surface area (Å²) in [6, 6.07) is 0. The van der Waals surface area contributed by atoms with E-state index in [-0.39, 0.29) is 5.41 Å². The van der Waals surface area contributed by atoms with Crippen LogP contribution in [-0.2, 0) is 9.47 Å². The number of hydrogen-bond donors (Lipinski definition) is 0. The van der Waals surface area contributed by atoms with Crippen LogP contribution in [0.2, 0.25) is 0 Å². The zero-order chi connectivity index (χ0) is 30.1. The maximum absolute atomic E-state index is 6.68. The van der Waals surface area contributed by atoms with Crippen LogP contribution in [0.3, 0.4) is 0 Å². The predicted octanol–water partition coefficient (Wildman–Crippen LogP) is 12.3. The van der Waals surface area contributed by atoms with Crippen LogP contribution in [0, 0.1) is 28.6 Å². The minimum absolute atomic E-state index is 0.285. The first-order chi connectivity index (χ1) is 19.7. The van der Waals surface area contributed by atoms with Crippen molar-refractivity contribution in [2.24, 2.45) is 28.6 Å². The van der Waals surface area contributed by atoms with Crippen molar-refractivity contribution < 1.29 is 9.47 Å². The van der Waals surface area contributed by atoms with E-state index in [2.05, 4.69) is 89.3 Å². The second kappa shape index (κ2) is 20.2. The van der Waals surface area contributed by atoms with Crippen molar-refractivity contribution in [3.8, 4) is 0 Å². The molecule has 0 aromatic carbocycles. The van der Waals surface area contributed by atoms with Gasteiger partial charge in [-0.3, -0.25) is 0 Å². The zero-order valence-corrected chi connectivity index (χ0v) is 30.6. The van der Waals surface area contributed by atoms with Gasteiger partial charge in [0.15, 0.2) is 0 Å². The van der Waals surface area contributed by atoms with Crippen molar-refractivity contribution in [1.29, 1.82) is 0 Å². The van der Waals surface area contributed by atoms with Gasteiger partial charge in [-0.05, 0) is 112 Å². The standard InChI is InChI=1S/C38H69IO2/c1-8-11-12-17-28-40-29-18-13-14-19-30-41-35-25-27-38(7,33(35)20-9-2)34(21-10-3)36(39)37(6)26-24-32(37)23-16-15-22-31(4)5/h8,11,20,31-32,34-36H,9-10,12-19,21-30H2,1-7H3/b11-8+,33-20-/t32-,34?,35-,36?,37?,38?/m1/s1. The Hall–Kier alpha value is 0.130. The highest BCUT2D eigenvalue weighted by atomic mass is 127. The molecule has 2 aliphatic carbocycles. The molecule has 0 aromatic heterocycles. The Labute approximate surface area is 270 Å². The van der Waals surface area contributed by atoms with Crippen LogP contribution < -0.4 is 0 Å². The van der Waals surface area contributed by atoms with Crippen molar-refractivity contribution in [1.82, 2.24) is 0 Å². The van der Waals surface area contributed by atoms with Crippen molar-refractivity contribution in [3.63, 3.8) is 0 Å². The lowest BCUT2D eigenvalue weighted by molar-refractivity contribution is 0.00751. The Morgan fingerprint density at radius 1 is 0.902 bits per heavy atom. The molecule has 6 atom stereocenters. The molecule has 0 spiro atoms. The van der Waals surface area contributed by atoms with Crippen molar-refractivity contribution in [2.45, 2.75) is 168 Å². The molecule has 0 N–H and O–H groups in total. The number of allylic oxidation sites excluding steroid dienone is 3. The molecule has 41 heavy (non-hydrogen) atoms. The molecule has 2 nitrogen and oxygen atoms in total. The fourth-order valence-corrected chi connectivity index (χ4v) is 9.83. The van der Waals surface area contributed by atoms with E-state index in [9.17, 15) is 0 Å². The van der Waals surface area contributed by atoms with Crippen LogP contribution in [0.5, 0.6) is 0 Å². The van der Waals surface area contributed by atoms with Gasteiger partial charge in [-0.1, -0.05) is 121 Å². The average molecular weight is 685 g/mol. The maximum atomic E-state index is 6.68. The smallest absolute Gasteiger partial charge is 0.0790 e. The number of rotatable bonds is 23. The van der Waals surface area contributed by atoms with Gasteiger partial charge in [0.1, 0.15) is 0 Å². The highest BCUT2D eigenvalue weighted by Crippen LogP contribution is 2.61. The maximum Gasteiger partial charge on any atom is 0.0790 e. The molecule has 4 unspecified atom stereocenters. The number of alkyl halides is 1. The first-order valence-corrected chi connectivity index (χ1v) is 19.1. The fourth-order valence-electron chi connectivity index (χ4n) is 7.86. The second-order valence-corrected chi connectivity index (χ2v) is 15.7. The average Bonchev–Trinajstić information content (AvgIpc) is 3.26. The van der Waals surface area contributed by atoms with Gasteiger partial charge in [0.2, 0.25) is 0 Å². The highest BCUT2D eigenvalue weighted by Gasteiger charge is 2.55. The number of halogens is 1. The summed E-state index contributed by atoms with van der Waals surface area (Å²) in [4.78, 5) is 0. The summed E-state index contributed by atoms with van der Waals surface area (Å²) < 4.78 is 13.2. The summed E-state index contributed by atoms with van der Waals surface area (Å²) in [6.07, 6.45) is 29.3. The Morgan fingerprint density at radius 3 is 2.27 bits per heavy atom. The quantitative estimate of drug-likeness (QED) is 0.0462. The molecule has 2 aliphatic rings. The van der Waals surface area contributed by atoms with Gasteiger partial charge >= 0.3 is 0 Å². The van der Waals surface area contributed by atoms with Crippen LogP contribution in [0.4, 0.5) is 0 Å². The molecule has 0 heterocycles. The highest BCUT2D eigenvalue weighted by molar-refractivity contribution is 14.1. The van der Waals surface area contributed by atoms with E-state index >= 15 is 0 Å². The molecule has 240 valence electrons. The second-order valence-electron chi connectivity index (χ2n) is 14.3. The van der Waals surface area contributed by atoms with E-state index in [0.717, 1.165) is 60.8 Å². The van der Waals surface area contributed by atoms with Gasteiger partial charge in [-0.25, -0.2) is 0 Å². The summed E-state index contributed by atoms with van der Waals surface area (Å²) in [5, 5.41) is 0. The summed E-state index contributed by atoms with van der Waals surface area (Å²) in [6.45, 7) is 19.6. The number of hydrogen-bond acceptors (Lipinski definition) is 2. The minimum atomic E-state index is 0.285. The summed E-state index contributed by atoms with van der Waals surface area (Å²) in [5.41, 5.74) is 2.45. The van der Waals surface area contributed by atoms with Crippen LogP contribution in [-0.4, -0.2) is 29.8 Å². The van der Waals surface area contributed by atoms with Gasteiger partial charge in [0.05, 0.1) is 6.10 Å². The third-order valence-electron chi connectivity index (χ3n) is 10.7. The molecular weight excluding hydrogens is 615 g/mol. The lowest BCUT2D eigenvalue weighted by atomic mass is 9.53. The summed E-state index contributed by atoms with van der Waals surface area (Å²) in [5.74, 6) is 2.52. The van der Waals surface area contributed by atoms with Crippen LogP contribution in [0.15, 0.2) is 23.8 Å². The first-order valence-electron chi connectivity index (χ1n) is 17.9. The molecule has 2 rings (SSSR count). The number of ether oxygens (including phenoxy) is 2. The number of unbranched alkanes of at least 4 members (excludes halogenated alkanes) is 5. The van der Waals surface area contributed by atoms with Gasteiger partial charge in [-0.15, -0.1) is 0 Å². The Morgan fingerprint density at radius 2 is 1.63 bits per heavy atom. The van der Waals surface area contributed by atoms with Gasteiger partial charge in [0, 0.05) is 23.7 Å². The Bertz CT molecular complexity index is 745. The molecule has 0 aromatic rings. The van der Waals surface area contributed by atoms with Gasteiger partial charge in [0.25, 0.3) is 0 Å². The minimum Gasteiger partial charge on any atom is -0.381 e. The van der Waals surface area contributed by atoms with Crippen molar-refractivity contribution >= 4 is 22.6 Å². The molecule has 2 saturated carbocycles. The fraction of sp³-hybridized carbons (Fsp3) is 0.895. The van der Waals surface area contributed by atoms with Crippen molar-refractivity contribution in [2.75, 3.05) is 19.8 Å². The van der Waals surface area contributed by atoms with E-state index in [0.29, 0.717) is 11.5 Å². The molecule has 0 saturated heterocycles. The molecule has 0 aliphatic heterocycles. The Balaban J connectivity index is 1.87. The molecule has 3 heteroatoms. The van der Waals surface area contributed by atoms with E-state index < -0.39 is 0 Å². The van der Waals surface area contributed by atoms with Crippen LogP contribution in [0.1, 0.15) is 158 Å². The van der Waals surface area contributed by atoms with Crippen molar-refractivity contribution in [3.05, 3.63) is 23.8 Å². The van der Waals surface area contributed by atoms with E-state index in [1.54, 1.807) is 5.57 Å². The first kappa shape index (κ1) is 37.3. The Kier molecular flexibility index (Phi) is 18.4. The molecule has 2 fully saturated rings. The van der Waals surface area contributed by atoms with E-state index in [1.807, 2.05) is 0 Å². The topological polar surface area (TPSA) is 18.5 Å². The molecular formula is C38H69IO2. The van der Waals surface area contributed by atoms with Gasteiger partial charge < -0.3 is 9.47 Å². The molecule has 0 bridgehead atoms. The largest absolute Gasteiger partial charge is 0.381 e. The SMILES string of the molecule is C/C=C/CCCOCCCCCCO[C@@H]1CCC(C)(C(CCC)C(I)C2(C)CC[C@H]2CCCCC(C)C)/C1=C\CC. The zero-order valence-electron chi connectivity index (χ0n) is 28.5. The predicted molar refractivity (Wildman–Crippen MR) is 189 cm³/mol. The normalized spacial score (nSPS) is 29.0. The van der Waals surface area contributed by atoms with E-state index in [4.69, 9.17) is 9.47 Å².